The lowest BCUT2D eigenvalue weighted by atomic mass is 10.1. The van der Waals surface area contributed by atoms with Crippen LogP contribution in [0.15, 0.2) is 40.9 Å². The molecule has 0 aromatic heterocycles. The third kappa shape index (κ3) is 3.64. The van der Waals surface area contributed by atoms with E-state index >= 15 is 0 Å². The Balaban J connectivity index is 2.20. The molecule has 0 heterocycles. The van der Waals surface area contributed by atoms with Crippen LogP contribution >= 0.6 is 15.9 Å². The Morgan fingerprint density at radius 1 is 1.14 bits per heavy atom. The number of carbonyl (C=O) groups excluding carboxylic acids is 1. The summed E-state index contributed by atoms with van der Waals surface area (Å²) in [7, 11) is 0. The summed E-state index contributed by atoms with van der Waals surface area (Å²) >= 11 is 3.01. The number of halogens is 4. The van der Waals surface area contributed by atoms with Crippen LogP contribution in [0.5, 0.6) is 5.75 Å². The van der Waals surface area contributed by atoms with E-state index in [2.05, 4.69) is 15.9 Å². The minimum atomic E-state index is -1.17. The van der Waals surface area contributed by atoms with Crippen LogP contribution in [0.3, 0.4) is 0 Å². The van der Waals surface area contributed by atoms with Gasteiger partial charge in [0.15, 0.2) is 17.7 Å². The number of hydrogen-bond donors (Lipinski definition) is 0. The highest BCUT2D eigenvalue weighted by atomic mass is 79.9. The van der Waals surface area contributed by atoms with Crippen molar-refractivity contribution in [2.24, 2.45) is 0 Å². The molecular weight excluding hydrogens is 349 g/mol. The normalized spacial score (nSPS) is 12.0. The lowest BCUT2D eigenvalue weighted by molar-refractivity contribution is 0.0810. The van der Waals surface area contributed by atoms with Crippen molar-refractivity contribution >= 4 is 21.7 Å². The van der Waals surface area contributed by atoms with Crippen molar-refractivity contribution in [2.45, 2.75) is 13.0 Å². The van der Waals surface area contributed by atoms with Crippen molar-refractivity contribution in [3.05, 3.63) is 63.9 Å². The molecule has 0 amide bonds. The van der Waals surface area contributed by atoms with E-state index in [1.54, 1.807) is 0 Å². The molecule has 0 aliphatic heterocycles. The molecule has 21 heavy (non-hydrogen) atoms. The van der Waals surface area contributed by atoms with Gasteiger partial charge in [0.2, 0.25) is 11.6 Å². The number of rotatable bonds is 4. The highest BCUT2D eigenvalue weighted by Gasteiger charge is 2.20. The minimum absolute atomic E-state index is 0.222. The fourth-order valence-corrected chi connectivity index (χ4v) is 2.12. The van der Waals surface area contributed by atoms with Crippen LogP contribution in [0.2, 0.25) is 0 Å². The zero-order chi connectivity index (χ0) is 15.6. The molecule has 0 aliphatic carbocycles. The number of ketones is 1. The molecule has 0 fully saturated rings. The molecule has 2 nitrogen and oxygen atoms in total. The van der Waals surface area contributed by atoms with Crippen LogP contribution in [0.4, 0.5) is 13.2 Å². The topological polar surface area (TPSA) is 26.3 Å². The average molecular weight is 359 g/mol. The van der Waals surface area contributed by atoms with Gasteiger partial charge in [-0.25, -0.2) is 8.78 Å². The molecule has 0 bridgehead atoms. The molecule has 2 rings (SSSR count). The van der Waals surface area contributed by atoms with Crippen molar-refractivity contribution in [2.75, 3.05) is 0 Å². The average Bonchev–Trinajstić information content (AvgIpc) is 2.44. The van der Waals surface area contributed by atoms with E-state index in [1.165, 1.54) is 25.1 Å². The monoisotopic (exact) mass is 358 g/mol. The summed E-state index contributed by atoms with van der Waals surface area (Å²) in [6.45, 7) is 1.41. The molecule has 0 radical (unpaired) electrons. The highest BCUT2D eigenvalue weighted by molar-refractivity contribution is 9.10. The first-order chi connectivity index (χ1) is 9.88. The Labute approximate surface area is 127 Å². The number of ether oxygens (including phenoxy) is 1. The van der Waals surface area contributed by atoms with E-state index in [9.17, 15) is 18.0 Å². The van der Waals surface area contributed by atoms with Crippen molar-refractivity contribution in [1.29, 1.82) is 0 Å². The Kier molecular flexibility index (Phi) is 4.67. The first-order valence-corrected chi connectivity index (χ1v) is 6.78. The summed E-state index contributed by atoms with van der Waals surface area (Å²) in [5.74, 6) is -3.56. The maximum absolute atomic E-state index is 13.6. The molecule has 0 spiro atoms. The summed E-state index contributed by atoms with van der Waals surface area (Å²) in [5, 5.41) is 0. The van der Waals surface area contributed by atoms with Crippen LogP contribution in [0.1, 0.15) is 17.3 Å². The predicted octanol–water partition coefficient (Wildman–Crippen LogP) is 4.52. The number of hydrogen-bond acceptors (Lipinski definition) is 2. The lowest BCUT2D eigenvalue weighted by Gasteiger charge is -2.15. The third-order valence-corrected chi connectivity index (χ3v) is 3.22. The van der Waals surface area contributed by atoms with Crippen molar-refractivity contribution < 1.29 is 22.7 Å². The van der Waals surface area contributed by atoms with E-state index in [1.807, 2.05) is 0 Å². The summed E-state index contributed by atoms with van der Waals surface area (Å²) in [5.41, 5.74) is 0.222. The largest absolute Gasteiger partial charge is 0.479 e. The van der Waals surface area contributed by atoms with Gasteiger partial charge in [-0.2, -0.15) is 4.39 Å². The minimum Gasteiger partial charge on any atom is -0.479 e. The Morgan fingerprint density at radius 2 is 1.76 bits per heavy atom. The molecule has 6 heteroatoms. The van der Waals surface area contributed by atoms with E-state index < -0.39 is 29.3 Å². The first-order valence-electron chi connectivity index (χ1n) is 5.99. The molecule has 0 saturated carbocycles. The number of Topliss-reactive ketones (excluding diaryl/α,β-unsaturated/α-hetero) is 1. The second kappa shape index (κ2) is 6.30. The van der Waals surface area contributed by atoms with Crippen LogP contribution < -0.4 is 4.74 Å². The van der Waals surface area contributed by atoms with Crippen LogP contribution in [-0.2, 0) is 0 Å². The Morgan fingerprint density at radius 3 is 2.38 bits per heavy atom. The van der Waals surface area contributed by atoms with Gasteiger partial charge in [0.1, 0.15) is 5.82 Å². The van der Waals surface area contributed by atoms with Crippen LogP contribution in [0.25, 0.3) is 0 Å². The highest BCUT2D eigenvalue weighted by Crippen LogP contribution is 2.26. The fourth-order valence-electron chi connectivity index (χ4n) is 1.71. The maximum atomic E-state index is 13.6. The van der Waals surface area contributed by atoms with E-state index in [-0.39, 0.29) is 15.8 Å². The lowest BCUT2D eigenvalue weighted by Crippen LogP contribution is -2.24. The SMILES string of the molecule is CC(Oc1cc(Br)cc(F)c1F)C(=O)c1ccc(F)cc1. The van der Waals surface area contributed by atoms with Gasteiger partial charge in [-0.15, -0.1) is 0 Å². The number of benzene rings is 2. The van der Waals surface area contributed by atoms with E-state index in [4.69, 9.17) is 4.74 Å². The maximum Gasteiger partial charge on any atom is 0.202 e. The zero-order valence-electron chi connectivity index (χ0n) is 10.9. The molecule has 0 N–H and O–H groups in total. The van der Waals surface area contributed by atoms with Gasteiger partial charge in [0, 0.05) is 10.0 Å². The molecule has 0 aliphatic rings. The molecular formula is C15H10BrF3O2. The quantitative estimate of drug-likeness (QED) is 0.593. The fraction of sp³-hybridized carbons (Fsp3) is 0.133. The molecule has 1 unspecified atom stereocenters. The standard InChI is InChI=1S/C15H10BrF3O2/c1-8(15(20)9-2-4-11(17)5-3-9)21-13-7-10(16)6-12(18)14(13)19/h2-8H,1H3. The molecule has 2 aromatic rings. The predicted molar refractivity (Wildman–Crippen MR) is 74.9 cm³/mol. The van der Waals surface area contributed by atoms with E-state index in [0.29, 0.717) is 0 Å². The zero-order valence-corrected chi connectivity index (χ0v) is 12.5. The smallest absolute Gasteiger partial charge is 0.202 e. The summed E-state index contributed by atoms with van der Waals surface area (Å²) in [6.07, 6.45) is -1.04. The number of carbonyl (C=O) groups is 1. The van der Waals surface area contributed by atoms with Crippen molar-refractivity contribution in [1.82, 2.24) is 0 Å². The van der Waals surface area contributed by atoms with Crippen LogP contribution in [0, 0.1) is 17.5 Å². The molecule has 110 valence electrons. The molecule has 1 atom stereocenters. The Bertz CT molecular complexity index is 671. The summed E-state index contributed by atoms with van der Waals surface area (Å²) < 4.78 is 45.1. The van der Waals surface area contributed by atoms with Gasteiger partial charge in [0.05, 0.1) is 0 Å². The summed E-state index contributed by atoms with van der Waals surface area (Å²) in [6, 6.07) is 7.06. The van der Waals surface area contributed by atoms with Gasteiger partial charge >= 0.3 is 0 Å². The molecule has 0 saturated heterocycles. The van der Waals surface area contributed by atoms with Crippen molar-refractivity contribution in [3.63, 3.8) is 0 Å². The van der Waals surface area contributed by atoms with Gasteiger partial charge in [-0.05, 0) is 43.3 Å². The van der Waals surface area contributed by atoms with E-state index in [0.717, 1.165) is 18.2 Å². The second-order valence-corrected chi connectivity index (χ2v) is 5.25. The second-order valence-electron chi connectivity index (χ2n) is 4.33. The van der Waals surface area contributed by atoms with Gasteiger partial charge in [0.25, 0.3) is 0 Å². The van der Waals surface area contributed by atoms with Gasteiger partial charge in [-0.3, -0.25) is 4.79 Å². The van der Waals surface area contributed by atoms with Gasteiger partial charge < -0.3 is 4.74 Å². The van der Waals surface area contributed by atoms with Crippen LogP contribution in [-0.4, -0.2) is 11.9 Å². The Hall–Kier alpha value is -1.82. The third-order valence-electron chi connectivity index (χ3n) is 2.76. The first kappa shape index (κ1) is 15.6. The van der Waals surface area contributed by atoms with Crippen molar-refractivity contribution in [3.8, 4) is 5.75 Å². The molecule has 2 aromatic carbocycles. The summed E-state index contributed by atoms with van der Waals surface area (Å²) in [4.78, 5) is 12.1. The van der Waals surface area contributed by atoms with Gasteiger partial charge in [-0.1, -0.05) is 15.9 Å².